The SMILES string of the molecule is O=C1CCC(/C=C(\c2ccc(C(F)(F)F)cc2)c2ccc(-c3cn[nH]c3)c(=O)[nH]2)N1. The van der Waals surface area contributed by atoms with Gasteiger partial charge in [-0.1, -0.05) is 18.2 Å². The molecule has 1 aliphatic rings. The summed E-state index contributed by atoms with van der Waals surface area (Å²) in [6, 6.07) is 7.74. The number of benzene rings is 1. The van der Waals surface area contributed by atoms with E-state index in [1.165, 1.54) is 18.3 Å². The summed E-state index contributed by atoms with van der Waals surface area (Å²) in [7, 11) is 0. The Labute approximate surface area is 168 Å². The van der Waals surface area contributed by atoms with E-state index in [0.29, 0.717) is 40.8 Å². The average Bonchev–Trinajstić information content (AvgIpc) is 3.37. The van der Waals surface area contributed by atoms with Crippen molar-refractivity contribution in [3.8, 4) is 11.1 Å². The summed E-state index contributed by atoms with van der Waals surface area (Å²) in [5.41, 5.74) is 1.38. The van der Waals surface area contributed by atoms with E-state index in [1.807, 2.05) is 0 Å². The Morgan fingerprint density at radius 1 is 1.10 bits per heavy atom. The summed E-state index contributed by atoms with van der Waals surface area (Å²) in [5.74, 6) is -0.0909. The van der Waals surface area contributed by atoms with E-state index >= 15 is 0 Å². The number of nitrogens with one attached hydrogen (secondary N) is 3. The number of hydrogen-bond donors (Lipinski definition) is 3. The van der Waals surface area contributed by atoms with Gasteiger partial charge < -0.3 is 10.3 Å². The molecule has 3 heterocycles. The largest absolute Gasteiger partial charge is 0.416 e. The van der Waals surface area contributed by atoms with Crippen LogP contribution in [0.2, 0.25) is 0 Å². The van der Waals surface area contributed by atoms with Crippen LogP contribution in [0.15, 0.2) is 59.7 Å². The molecule has 0 saturated carbocycles. The van der Waals surface area contributed by atoms with Crippen molar-refractivity contribution in [1.82, 2.24) is 20.5 Å². The molecule has 9 heteroatoms. The minimum absolute atomic E-state index is 0.0909. The van der Waals surface area contributed by atoms with Crippen molar-refractivity contribution >= 4 is 11.5 Å². The lowest BCUT2D eigenvalue weighted by Gasteiger charge is -2.14. The van der Waals surface area contributed by atoms with Crippen LogP contribution in [-0.2, 0) is 11.0 Å². The first-order valence-electron chi connectivity index (χ1n) is 9.23. The lowest BCUT2D eigenvalue weighted by molar-refractivity contribution is -0.137. The molecule has 0 bridgehead atoms. The fourth-order valence-electron chi connectivity index (χ4n) is 3.40. The van der Waals surface area contributed by atoms with Gasteiger partial charge in [0.25, 0.3) is 5.56 Å². The van der Waals surface area contributed by atoms with Gasteiger partial charge in [-0.3, -0.25) is 14.7 Å². The Morgan fingerprint density at radius 2 is 1.87 bits per heavy atom. The van der Waals surface area contributed by atoms with Gasteiger partial charge in [0.1, 0.15) is 0 Å². The molecule has 154 valence electrons. The number of rotatable bonds is 4. The van der Waals surface area contributed by atoms with E-state index in [1.54, 1.807) is 24.4 Å². The second kappa shape index (κ2) is 7.66. The molecule has 4 rings (SSSR count). The zero-order valence-corrected chi connectivity index (χ0v) is 15.6. The van der Waals surface area contributed by atoms with Gasteiger partial charge in [0, 0.05) is 35.5 Å². The quantitative estimate of drug-likeness (QED) is 0.610. The maximum atomic E-state index is 12.9. The third-order valence-corrected chi connectivity index (χ3v) is 4.93. The fourth-order valence-corrected chi connectivity index (χ4v) is 3.40. The third kappa shape index (κ3) is 4.05. The van der Waals surface area contributed by atoms with Crippen molar-refractivity contribution in [2.75, 3.05) is 0 Å². The van der Waals surface area contributed by atoms with Crippen LogP contribution in [0.5, 0.6) is 0 Å². The van der Waals surface area contributed by atoms with Gasteiger partial charge in [0.2, 0.25) is 5.91 Å². The number of carbonyl (C=O) groups is 1. The molecule has 30 heavy (non-hydrogen) atoms. The average molecular weight is 414 g/mol. The molecular weight excluding hydrogens is 397 g/mol. The van der Waals surface area contributed by atoms with Crippen LogP contribution in [0.4, 0.5) is 13.2 Å². The van der Waals surface area contributed by atoms with Crippen molar-refractivity contribution in [2.24, 2.45) is 0 Å². The first-order chi connectivity index (χ1) is 14.3. The smallest absolute Gasteiger partial charge is 0.350 e. The first-order valence-corrected chi connectivity index (χ1v) is 9.23. The number of halogens is 3. The van der Waals surface area contributed by atoms with Crippen molar-refractivity contribution in [1.29, 1.82) is 0 Å². The van der Waals surface area contributed by atoms with Gasteiger partial charge in [0.05, 0.1) is 17.3 Å². The van der Waals surface area contributed by atoms with Crippen LogP contribution in [0.3, 0.4) is 0 Å². The molecule has 1 aromatic carbocycles. The highest BCUT2D eigenvalue weighted by atomic mass is 19.4. The highest BCUT2D eigenvalue weighted by Gasteiger charge is 2.30. The summed E-state index contributed by atoms with van der Waals surface area (Å²) in [6.07, 6.45) is 1.37. The van der Waals surface area contributed by atoms with Crippen LogP contribution in [0, 0.1) is 0 Å². The number of aromatic nitrogens is 3. The molecule has 1 aliphatic heterocycles. The molecule has 1 saturated heterocycles. The van der Waals surface area contributed by atoms with Crippen molar-refractivity contribution in [3.05, 3.63) is 82.0 Å². The number of hydrogen-bond acceptors (Lipinski definition) is 3. The molecule has 3 N–H and O–H groups in total. The number of carbonyl (C=O) groups excluding carboxylic acids is 1. The molecule has 2 aromatic heterocycles. The number of pyridine rings is 1. The summed E-state index contributed by atoms with van der Waals surface area (Å²) in [5, 5.41) is 9.28. The second-order valence-electron chi connectivity index (χ2n) is 6.97. The van der Waals surface area contributed by atoms with E-state index in [4.69, 9.17) is 0 Å². The first kappa shape index (κ1) is 19.7. The molecule has 1 atom stereocenters. The lowest BCUT2D eigenvalue weighted by Crippen LogP contribution is -2.23. The number of aromatic amines is 2. The summed E-state index contributed by atoms with van der Waals surface area (Å²) >= 11 is 0. The zero-order chi connectivity index (χ0) is 21.3. The van der Waals surface area contributed by atoms with Gasteiger partial charge in [-0.15, -0.1) is 0 Å². The second-order valence-corrected chi connectivity index (χ2v) is 6.97. The maximum Gasteiger partial charge on any atom is 0.416 e. The monoisotopic (exact) mass is 414 g/mol. The van der Waals surface area contributed by atoms with Gasteiger partial charge in [-0.05, 0) is 36.2 Å². The summed E-state index contributed by atoms with van der Waals surface area (Å²) in [6.45, 7) is 0. The Bertz CT molecular complexity index is 1150. The van der Waals surface area contributed by atoms with Gasteiger partial charge in [0.15, 0.2) is 0 Å². The van der Waals surface area contributed by atoms with E-state index in [9.17, 15) is 22.8 Å². The Balaban J connectivity index is 1.76. The lowest BCUT2D eigenvalue weighted by atomic mass is 9.97. The highest BCUT2D eigenvalue weighted by Crippen LogP contribution is 2.31. The third-order valence-electron chi connectivity index (χ3n) is 4.93. The van der Waals surface area contributed by atoms with Crippen molar-refractivity contribution < 1.29 is 18.0 Å². The zero-order valence-electron chi connectivity index (χ0n) is 15.6. The standard InChI is InChI=1S/C21H17F3N4O2/c22-21(23,24)14-3-1-12(2-4-14)17(9-15-5-8-19(29)27-15)18-7-6-16(20(30)28-18)13-10-25-26-11-13/h1-4,6-7,9-11,15H,5,8H2,(H,25,26)(H,27,29)(H,28,30)/b17-9+. The molecule has 1 unspecified atom stereocenters. The predicted molar refractivity (Wildman–Crippen MR) is 104 cm³/mol. The Kier molecular flexibility index (Phi) is 5.03. The summed E-state index contributed by atoms with van der Waals surface area (Å²) < 4.78 is 38.8. The number of H-pyrrole nitrogens is 2. The molecule has 0 spiro atoms. The molecular formula is C21H17F3N4O2. The molecule has 1 amide bonds. The fraction of sp³-hybridized carbons (Fsp3) is 0.190. The van der Waals surface area contributed by atoms with E-state index in [0.717, 1.165) is 12.1 Å². The van der Waals surface area contributed by atoms with Crippen molar-refractivity contribution in [2.45, 2.75) is 25.1 Å². The minimum Gasteiger partial charge on any atom is -0.350 e. The number of nitrogens with zero attached hydrogens (tertiary/aromatic N) is 1. The molecule has 0 radical (unpaired) electrons. The number of amides is 1. The number of alkyl halides is 3. The molecule has 1 fully saturated rings. The Hall–Kier alpha value is -3.62. The topological polar surface area (TPSA) is 90.6 Å². The minimum atomic E-state index is -4.44. The summed E-state index contributed by atoms with van der Waals surface area (Å²) in [4.78, 5) is 27.0. The van der Waals surface area contributed by atoms with Crippen molar-refractivity contribution in [3.63, 3.8) is 0 Å². The van der Waals surface area contributed by atoms with Crippen LogP contribution in [-0.4, -0.2) is 27.1 Å². The molecule has 6 nitrogen and oxygen atoms in total. The normalized spacial score (nSPS) is 17.2. The molecule has 3 aromatic rings. The van der Waals surface area contributed by atoms with E-state index < -0.39 is 11.7 Å². The van der Waals surface area contributed by atoms with Gasteiger partial charge >= 0.3 is 6.18 Å². The van der Waals surface area contributed by atoms with E-state index in [-0.39, 0.29) is 17.5 Å². The predicted octanol–water partition coefficient (Wildman–Crippen LogP) is 3.49. The van der Waals surface area contributed by atoms with Crippen LogP contribution in [0.25, 0.3) is 16.7 Å². The Morgan fingerprint density at radius 3 is 2.43 bits per heavy atom. The van der Waals surface area contributed by atoms with Crippen LogP contribution < -0.4 is 10.9 Å². The molecule has 0 aliphatic carbocycles. The van der Waals surface area contributed by atoms with Crippen LogP contribution in [0.1, 0.15) is 29.7 Å². The maximum absolute atomic E-state index is 12.9. The van der Waals surface area contributed by atoms with Gasteiger partial charge in [-0.25, -0.2) is 0 Å². The van der Waals surface area contributed by atoms with E-state index in [2.05, 4.69) is 20.5 Å². The van der Waals surface area contributed by atoms with Gasteiger partial charge in [-0.2, -0.15) is 18.3 Å². The highest BCUT2D eigenvalue weighted by molar-refractivity contribution is 5.82. The van der Waals surface area contributed by atoms with Crippen LogP contribution >= 0.6 is 0 Å².